The Morgan fingerprint density at radius 2 is 1.15 bits per heavy atom. The summed E-state index contributed by atoms with van der Waals surface area (Å²) in [5.74, 6) is -2.41. The minimum Gasteiger partial charge on any atom is -0.461 e. The number of rotatable bonds is 53. The number of aliphatic hydroxyl groups is 6. The summed E-state index contributed by atoms with van der Waals surface area (Å²) in [6, 6.07) is 0. The lowest BCUT2D eigenvalue weighted by Gasteiger charge is -2.46. The molecule has 8 N–H and O–H groups in total. The Hall–Kier alpha value is -2.89. The lowest BCUT2D eigenvalue weighted by atomic mass is 9.81. The van der Waals surface area contributed by atoms with Crippen LogP contribution in [0.1, 0.15) is 233 Å². The van der Waals surface area contributed by atoms with E-state index in [-0.39, 0.29) is 70.4 Å². The number of aliphatic hydroxyl groups excluding tert-OH is 6. The number of hydrogen-bond acceptors (Lipinski definition) is 19. The summed E-state index contributed by atoms with van der Waals surface area (Å²) < 4.78 is 58.8. The van der Waals surface area contributed by atoms with Crippen molar-refractivity contribution >= 4 is 31.6 Å². The molecule has 2 rings (SSSR count). The van der Waals surface area contributed by atoms with Gasteiger partial charge in [-0.15, -0.1) is 0 Å². The Morgan fingerprint density at radius 3 is 1.74 bits per heavy atom. The van der Waals surface area contributed by atoms with E-state index < -0.39 is 106 Å². The lowest BCUT2D eigenvalue weighted by molar-refractivity contribution is -0.325. The molecule has 1 heterocycles. The summed E-state index contributed by atoms with van der Waals surface area (Å²) in [7, 11) is -3.08. The number of unbranched alkanes of at least 4 members (excludes halogenated alkanes) is 21. The Balaban J connectivity index is 1.83. The molecule has 21 nitrogen and oxygen atoms in total. The van der Waals surface area contributed by atoms with Crippen molar-refractivity contribution < 1.29 is 91.6 Å². The minimum atomic E-state index is -4.23. The maximum Gasteiger partial charge on any atom is 0.474 e. The molecule has 1 aliphatic heterocycles. The number of carbonyl (C=O) groups is 4. The smallest absolute Gasteiger partial charge is 0.461 e. The largest absolute Gasteiger partial charge is 0.474 e. The quantitative estimate of drug-likeness (QED) is 0.0122. The van der Waals surface area contributed by atoms with Gasteiger partial charge in [-0.05, 0) is 83.0 Å². The molecule has 1 saturated carbocycles. The molecular formula is C64H117N2O19P. The third kappa shape index (κ3) is 35.5. The Kier molecular flexibility index (Phi) is 45.9. The zero-order valence-corrected chi connectivity index (χ0v) is 54.1. The van der Waals surface area contributed by atoms with Crippen LogP contribution in [-0.4, -0.2) is 169 Å². The number of amides is 2. The van der Waals surface area contributed by atoms with E-state index in [0.717, 1.165) is 90.6 Å². The monoisotopic (exact) mass is 1250 g/mol. The van der Waals surface area contributed by atoms with Crippen LogP contribution < -0.4 is 10.6 Å². The van der Waals surface area contributed by atoms with Gasteiger partial charge < -0.3 is 65.0 Å². The van der Waals surface area contributed by atoms with Crippen LogP contribution in [0.25, 0.3) is 0 Å². The van der Waals surface area contributed by atoms with Crippen LogP contribution in [-0.2, 0) is 61.0 Å². The highest BCUT2D eigenvalue weighted by Crippen LogP contribution is 2.48. The van der Waals surface area contributed by atoms with Gasteiger partial charge in [0.15, 0.2) is 12.4 Å². The number of ether oxygens (including phenoxy) is 5. The van der Waals surface area contributed by atoms with E-state index in [9.17, 15) is 54.4 Å². The molecule has 1 aliphatic carbocycles. The van der Waals surface area contributed by atoms with E-state index in [4.69, 9.17) is 37.3 Å². The fourth-order valence-corrected chi connectivity index (χ4v) is 11.3. The molecule has 0 bridgehead atoms. The van der Waals surface area contributed by atoms with Gasteiger partial charge >= 0.3 is 19.8 Å². The number of carbonyl (C=O) groups excluding carboxylic acids is 4. The van der Waals surface area contributed by atoms with Crippen LogP contribution >= 0.6 is 7.82 Å². The number of phosphoric acid groups is 1. The van der Waals surface area contributed by atoms with Crippen LogP contribution in [0.2, 0.25) is 0 Å². The zero-order valence-electron chi connectivity index (χ0n) is 53.3. The van der Waals surface area contributed by atoms with Gasteiger partial charge in [0, 0.05) is 39.5 Å². The van der Waals surface area contributed by atoms with Gasteiger partial charge in [0.2, 0.25) is 11.8 Å². The first-order chi connectivity index (χ1) is 41.5. The van der Waals surface area contributed by atoms with Gasteiger partial charge in [-0.25, -0.2) is 4.57 Å². The van der Waals surface area contributed by atoms with Crippen molar-refractivity contribution in [2.45, 2.75) is 294 Å². The predicted octanol–water partition coefficient (Wildman–Crippen LogP) is 9.67. The number of hydrogen-bond donors (Lipinski definition) is 8. The first kappa shape index (κ1) is 79.2. The molecule has 2 aliphatic rings. The maximum atomic E-state index is 13.6. The second-order valence-electron chi connectivity index (χ2n) is 23.4. The normalized spacial score (nSPS) is 23.9. The molecule has 0 aromatic heterocycles. The lowest BCUT2D eigenvalue weighted by Crippen LogP contribution is -2.63. The number of nitrogens with one attached hydrogen (secondary N) is 2. The Morgan fingerprint density at radius 1 is 0.605 bits per heavy atom. The maximum absolute atomic E-state index is 13.6. The minimum absolute atomic E-state index is 0.00935. The highest BCUT2D eigenvalue weighted by Gasteiger charge is 2.49. The molecule has 1 saturated heterocycles. The van der Waals surface area contributed by atoms with Gasteiger partial charge in [-0.2, -0.15) is 0 Å². The first-order valence-electron chi connectivity index (χ1n) is 33.1. The summed E-state index contributed by atoms with van der Waals surface area (Å²) in [5, 5.41) is 67.5. The highest BCUT2D eigenvalue weighted by atomic mass is 31.2. The molecule has 502 valence electrons. The fraction of sp³-hybridized carbons (Fsp3) is 0.875. The third-order valence-electron chi connectivity index (χ3n) is 15.8. The molecule has 86 heavy (non-hydrogen) atoms. The van der Waals surface area contributed by atoms with E-state index >= 15 is 0 Å². The molecule has 0 aromatic carbocycles. The second kappa shape index (κ2) is 49.8. The summed E-state index contributed by atoms with van der Waals surface area (Å²) >= 11 is 0. The average molecular weight is 1250 g/mol. The molecule has 13 atom stereocenters. The van der Waals surface area contributed by atoms with Crippen molar-refractivity contribution in [3.63, 3.8) is 0 Å². The van der Waals surface area contributed by atoms with E-state index in [1.165, 1.54) is 64.2 Å². The fourth-order valence-electron chi connectivity index (χ4n) is 10.4. The van der Waals surface area contributed by atoms with Crippen molar-refractivity contribution in [2.75, 3.05) is 53.2 Å². The summed E-state index contributed by atoms with van der Waals surface area (Å²) in [6.07, 6.45) is 24.3. The number of phosphoric ester groups is 1. The first-order valence-corrected chi connectivity index (χ1v) is 34.6. The van der Waals surface area contributed by atoms with Crippen LogP contribution in [0, 0.1) is 11.8 Å². The van der Waals surface area contributed by atoms with Crippen molar-refractivity contribution in [3.8, 4) is 0 Å². The molecule has 0 aromatic rings. The second-order valence-corrected chi connectivity index (χ2v) is 25.2. The SMILES string of the molecule is CCCCCCCC/C=C\C(CCCCCC)C(=O)OC[C@H](COP(=O)(OC)OCCNC(=O)CCCCC(=O)NCCCO[C@@H]1OC(CO)[C@H](O)[C@H](O)C1O[C@@H]1CC(C)[C@@H](O)[C@H](O)C1O)OC(=O)CCCCCCC/C=C/CCCCCCCC. The third-order valence-corrected chi connectivity index (χ3v) is 17.3. The molecule has 6 unspecified atom stereocenters. The topological polar surface area (TPSA) is 305 Å². The van der Waals surface area contributed by atoms with Gasteiger partial charge in [0.1, 0.15) is 43.2 Å². The van der Waals surface area contributed by atoms with E-state index in [0.29, 0.717) is 32.1 Å². The van der Waals surface area contributed by atoms with Crippen LogP contribution in [0.3, 0.4) is 0 Å². The van der Waals surface area contributed by atoms with Crippen LogP contribution in [0.15, 0.2) is 24.3 Å². The molecule has 0 spiro atoms. The number of allylic oxidation sites excluding steroid dienone is 3. The van der Waals surface area contributed by atoms with E-state index in [1.54, 1.807) is 6.92 Å². The Labute approximate surface area is 515 Å². The van der Waals surface area contributed by atoms with Crippen molar-refractivity contribution in [3.05, 3.63) is 24.3 Å². The predicted molar refractivity (Wildman–Crippen MR) is 329 cm³/mol. The molecule has 2 amide bonds. The number of esters is 2. The van der Waals surface area contributed by atoms with Crippen LogP contribution in [0.4, 0.5) is 0 Å². The van der Waals surface area contributed by atoms with Crippen molar-refractivity contribution in [1.29, 1.82) is 0 Å². The molecule has 22 heteroatoms. The van der Waals surface area contributed by atoms with E-state index in [1.807, 2.05) is 6.08 Å². The summed E-state index contributed by atoms with van der Waals surface area (Å²) in [4.78, 5) is 52.0. The molecule has 0 radical (unpaired) electrons. The van der Waals surface area contributed by atoms with Gasteiger partial charge in [-0.1, -0.05) is 161 Å². The average Bonchev–Trinajstić information content (AvgIpc) is 1.63. The van der Waals surface area contributed by atoms with Crippen molar-refractivity contribution in [2.24, 2.45) is 11.8 Å². The van der Waals surface area contributed by atoms with Gasteiger partial charge in [0.05, 0.1) is 44.6 Å². The summed E-state index contributed by atoms with van der Waals surface area (Å²) in [5.41, 5.74) is 0. The Bertz CT molecular complexity index is 1860. The van der Waals surface area contributed by atoms with E-state index in [2.05, 4.69) is 49.6 Å². The summed E-state index contributed by atoms with van der Waals surface area (Å²) in [6.45, 7) is 6.79. The molecule has 2 fully saturated rings. The van der Waals surface area contributed by atoms with Crippen LogP contribution in [0.5, 0.6) is 0 Å². The van der Waals surface area contributed by atoms with Gasteiger partial charge in [-0.3, -0.25) is 32.7 Å². The highest BCUT2D eigenvalue weighted by molar-refractivity contribution is 7.48. The van der Waals surface area contributed by atoms with Crippen molar-refractivity contribution in [1.82, 2.24) is 10.6 Å². The van der Waals surface area contributed by atoms with Gasteiger partial charge in [0.25, 0.3) is 0 Å². The zero-order chi connectivity index (χ0) is 63.2. The standard InChI is InChI=1S/C64H117N2O19P/c1-6-9-12-15-17-19-20-21-22-23-24-25-27-29-32-40-56(70)83-51(47-80-63(76)50(36-30-14-11-8-3)37-31-28-26-18-16-13-10-7-2)48-82-86(77,78-5)81-44-42-66-55(69)39-34-33-38-54(68)65-41-35-43-79-64-62(61(75)59(73)53(46-67)85-64)84-52-45-49(4)57(71)60(74)58(52)72/h21-22,31,37,49-53,57-62,64,67,71-75H,6-20,23-30,32-36,38-48H2,1-5H3,(H,65,68)(H,66,69)/b22-21+,37-31-/t49?,50?,51-,52-,53?,57-,58?,59+,60+,61+,62?,64-,86?/m1/s1. The molecular weight excluding hydrogens is 1130 g/mol.